The molecule has 0 radical (unpaired) electrons. The predicted molar refractivity (Wildman–Crippen MR) is 63.8 cm³/mol. The molecule has 4 nitrogen and oxygen atoms in total. The van der Waals surface area contributed by atoms with Gasteiger partial charge in [0.1, 0.15) is 0 Å². The minimum absolute atomic E-state index is 0.568. The second kappa shape index (κ2) is 18.8. The van der Waals surface area contributed by atoms with Gasteiger partial charge in [-0.15, -0.1) is 0 Å². The van der Waals surface area contributed by atoms with E-state index in [9.17, 15) is 0 Å². The Morgan fingerprint density at radius 2 is 1.29 bits per heavy atom. The normalized spacial score (nSPS) is 12.9. The third-order valence-corrected chi connectivity index (χ3v) is 2.12. The second-order valence-corrected chi connectivity index (χ2v) is 4.43. The third-order valence-electron chi connectivity index (χ3n) is 1.64. The predicted octanol–water partition coefficient (Wildman–Crippen LogP) is 0.132. The van der Waals surface area contributed by atoms with Crippen molar-refractivity contribution in [2.75, 3.05) is 27.3 Å². The van der Waals surface area contributed by atoms with E-state index in [2.05, 4.69) is 8.85 Å². The molecule has 0 spiro atoms. The standard InChI is InChI=1S/C4H8.C3H10N2.C2H8O2Si/c1-2-4-3-1;4-2-1-3-5;1-3-5-4-2/h1-4H2;1-5H2;5H2,1-2H3. The second-order valence-electron chi connectivity index (χ2n) is 3.04. The van der Waals surface area contributed by atoms with Crippen molar-refractivity contribution in [1.29, 1.82) is 0 Å². The Kier molecular flexibility index (Phi) is 22.1. The largest absolute Gasteiger partial charge is 0.402 e. The summed E-state index contributed by atoms with van der Waals surface area (Å²) in [7, 11) is 2.73. The summed E-state index contributed by atoms with van der Waals surface area (Å²) in [5, 5.41) is 0. The van der Waals surface area contributed by atoms with E-state index in [4.69, 9.17) is 11.5 Å². The van der Waals surface area contributed by atoms with Crippen LogP contribution in [0.3, 0.4) is 0 Å². The molecule has 1 rings (SSSR count). The zero-order valence-electron chi connectivity index (χ0n) is 9.63. The third kappa shape index (κ3) is 22.7. The van der Waals surface area contributed by atoms with Gasteiger partial charge in [0, 0.05) is 14.2 Å². The van der Waals surface area contributed by atoms with Crippen LogP contribution in [0.25, 0.3) is 0 Å². The lowest BCUT2D eigenvalue weighted by Crippen LogP contribution is -2.06. The first-order chi connectivity index (χ1) is 6.83. The smallest absolute Gasteiger partial charge is 0.303 e. The van der Waals surface area contributed by atoms with Gasteiger partial charge in [-0.25, -0.2) is 0 Å². The fourth-order valence-electron chi connectivity index (χ4n) is 0.486. The molecule has 0 bridgehead atoms. The van der Waals surface area contributed by atoms with Gasteiger partial charge in [-0.3, -0.25) is 0 Å². The van der Waals surface area contributed by atoms with E-state index in [1.807, 2.05) is 0 Å². The van der Waals surface area contributed by atoms with Gasteiger partial charge in [0.05, 0.1) is 0 Å². The van der Waals surface area contributed by atoms with Gasteiger partial charge in [-0.1, -0.05) is 25.7 Å². The quantitative estimate of drug-likeness (QED) is 0.664. The molecule has 5 heteroatoms. The molecule has 0 unspecified atom stereocenters. The first-order valence-electron chi connectivity index (χ1n) is 5.21. The maximum absolute atomic E-state index is 5.06. The molecule has 0 aromatic rings. The molecule has 0 heterocycles. The molecule has 1 aliphatic carbocycles. The highest BCUT2D eigenvalue weighted by Crippen LogP contribution is 2.15. The Labute approximate surface area is 90.4 Å². The van der Waals surface area contributed by atoms with Crippen molar-refractivity contribution in [2.24, 2.45) is 11.5 Å². The molecule has 0 aromatic carbocycles. The maximum atomic E-state index is 5.06. The van der Waals surface area contributed by atoms with E-state index in [1.165, 1.54) is 25.7 Å². The van der Waals surface area contributed by atoms with E-state index < -0.39 is 10.0 Å². The number of hydrogen-bond donors (Lipinski definition) is 2. The Bertz CT molecular complexity index is 69.2. The maximum Gasteiger partial charge on any atom is 0.303 e. The molecule has 1 saturated carbocycles. The zero-order chi connectivity index (χ0) is 11.1. The van der Waals surface area contributed by atoms with Gasteiger partial charge < -0.3 is 20.3 Å². The minimum atomic E-state index is -0.568. The first-order valence-corrected chi connectivity index (χ1v) is 6.37. The van der Waals surface area contributed by atoms with Crippen LogP contribution in [0.1, 0.15) is 32.1 Å². The first kappa shape index (κ1) is 16.5. The number of rotatable bonds is 4. The van der Waals surface area contributed by atoms with Gasteiger partial charge >= 0.3 is 10.0 Å². The van der Waals surface area contributed by atoms with Gasteiger partial charge in [0.25, 0.3) is 0 Å². The summed E-state index contributed by atoms with van der Waals surface area (Å²) >= 11 is 0. The summed E-state index contributed by atoms with van der Waals surface area (Å²) in [6.45, 7) is 1.44. The topological polar surface area (TPSA) is 70.5 Å². The van der Waals surface area contributed by atoms with Crippen LogP contribution in [-0.4, -0.2) is 37.3 Å². The summed E-state index contributed by atoms with van der Waals surface area (Å²) in [6, 6.07) is 0. The highest BCUT2D eigenvalue weighted by molar-refractivity contribution is 6.17. The van der Waals surface area contributed by atoms with Crippen LogP contribution < -0.4 is 11.5 Å². The molecule has 0 aliphatic heterocycles. The summed E-state index contributed by atoms with van der Waals surface area (Å²) in [6.07, 6.45) is 6.94. The molecule has 4 N–H and O–H groups in total. The van der Waals surface area contributed by atoms with Crippen LogP contribution in [0, 0.1) is 0 Å². The van der Waals surface area contributed by atoms with Crippen LogP contribution in [0.2, 0.25) is 0 Å². The van der Waals surface area contributed by atoms with Gasteiger partial charge in [0.2, 0.25) is 0 Å². The molecule has 1 aliphatic rings. The average Bonchev–Trinajstić information content (AvgIpc) is 2.05. The van der Waals surface area contributed by atoms with Crippen LogP contribution in [-0.2, 0) is 8.85 Å². The Balaban J connectivity index is 0. The highest BCUT2D eigenvalue weighted by atomic mass is 28.3. The summed E-state index contributed by atoms with van der Waals surface area (Å²) in [5.41, 5.74) is 10.1. The molecule has 14 heavy (non-hydrogen) atoms. The Hall–Kier alpha value is 0.0569. The van der Waals surface area contributed by atoms with E-state index in [-0.39, 0.29) is 0 Å². The van der Waals surface area contributed by atoms with E-state index >= 15 is 0 Å². The molecular weight excluding hydrogens is 196 g/mol. The van der Waals surface area contributed by atoms with Gasteiger partial charge in [-0.2, -0.15) is 0 Å². The number of nitrogens with two attached hydrogens (primary N) is 2. The van der Waals surface area contributed by atoms with E-state index in [1.54, 1.807) is 14.2 Å². The van der Waals surface area contributed by atoms with Crippen LogP contribution in [0.15, 0.2) is 0 Å². The van der Waals surface area contributed by atoms with Crippen LogP contribution in [0.4, 0.5) is 0 Å². The number of hydrogen-bond acceptors (Lipinski definition) is 4. The monoisotopic (exact) mass is 222 g/mol. The molecule has 0 atom stereocenters. The Morgan fingerprint density at radius 3 is 1.29 bits per heavy atom. The van der Waals surface area contributed by atoms with E-state index in [0.29, 0.717) is 0 Å². The Morgan fingerprint density at radius 1 is 0.929 bits per heavy atom. The fraction of sp³-hybridized carbons (Fsp3) is 1.00. The molecular formula is C9H26N2O2Si. The SMILES string of the molecule is C1CCC1.CO[SiH2]OC.NCCCN. The van der Waals surface area contributed by atoms with Gasteiger partial charge in [0.15, 0.2) is 0 Å². The molecule has 1 fully saturated rings. The van der Waals surface area contributed by atoms with Crippen molar-refractivity contribution in [3.63, 3.8) is 0 Å². The minimum Gasteiger partial charge on any atom is -0.402 e. The fourth-order valence-corrected chi connectivity index (χ4v) is 0.721. The van der Waals surface area contributed by atoms with Crippen molar-refractivity contribution in [1.82, 2.24) is 0 Å². The summed E-state index contributed by atoms with van der Waals surface area (Å²) < 4.78 is 9.22. The lowest BCUT2D eigenvalue weighted by Gasteiger charge is -2.05. The average molecular weight is 222 g/mol. The highest BCUT2D eigenvalue weighted by Gasteiger charge is 1.95. The summed E-state index contributed by atoms with van der Waals surface area (Å²) in [4.78, 5) is 0. The lowest BCUT2D eigenvalue weighted by molar-refractivity contribution is 0.309. The molecule has 0 saturated heterocycles. The van der Waals surface area contributed by atoms with Crippen molar-refractivity contribution in [3.8, 4) is 0 Å². The molecule has 88 valence electrons. The molecule has 0 aromatic heterocycles. The van der Waals surface area contributed by atoms with E-state index in [0.717, 1.165) is 19.5 Å². The summed E-state index contributed by atoms with van der Waals surface area (Å²) in [5.74, 6) is 0. The molecule has 0 amide bonds. The van der Waals surface area contributed by atoms with Crippen molar-refractivity contribution >= 4 is 10.0 Å². The lowest BCUT2D eigenvalue weighted by atomic mass is 10.0. The van der Waals surface area contributed by atoms with Crippen molar-refractivity contribution in [2.45, 2.75) is 32.1 Å². The van der Waals surface area contributed by atoms with Crippen molar-refractivity contribution in [3.05, 3.63) is 0 Å². The van der Waals surface area contributed by atoms with Gasteiger partial charge in [-0.05, 0) is 19.5 Å². The van der Waals surface area contributed by atoms with Crippen LogP contribution in [0.5, 0.6) is 0 Å². The zero-order valence-corrected chi connectivity index (χ0v) is 11.0. The van der Waals surface area contributed by atoms with Crippen molar-refractivity contribution < 1.29 is 8.85 Å². The van der Waals surface area contributed by atoms with Crippen LogP contribution >= 0.6 is 0 Å².